The normalized spacial score (nSPS) is 15.8. The van der Waals surface area contributed by atoms with Crippen molar-refractivity contribution in [3.8, 4) is 0 Å². The predicted molar refractivity (Wildman–Crippen MR) is 60.4 cm³/mol. The van der Waals surface area contributed by atoms with E-state index in [1.807, 2.05) is 19.2 Å². The van der Waals surface area contributed by atoms with Gasteiger partial charge in [-0.2, -0.15) is 0 Å². The summed E-state index contributed by atoms with van der Waals surface area (Å²) in [6.45, 7) is 0.917. The number of fused-ring (bicyclic) bond motifs is 1. The quantitative estimate of drug-likeness (QED) is 0.753. The molecule has 1 aliphatic heterocycles. The van der Waals surface area contributed by atoms with Gasteiger partial charge in [-0.1, -0.05) is 12.1 Å². The van der Waals surface area contributed by atoms with Crippen LogP contribution in [-0.4, -0.2) is 31.8 Å². The van der Waals surface area contributed by atoms with Gasteiger partial charge in [0.15, 0.2) is 6.10 Å². The van der Waals surface area contributed by atoms with Gasteiger partial charge in [0.25, 0.3) is 0 Å². The van der Waals surface area contributed by atoms with E-state index < -0.39 is 12.1 Å². The maximum atomic E-state index is 11.3. The molecule has 0 aromatic heterocycles. The van der Waals surface area contributed by atoms with Gasteiger partial charge in [-0.05, 0) is 23.6 Å². The maximum Gasteiger partial charge on any atom is 0.339 e. The summed E-state index contributed by atoms with van der Waals surface area (Å²) in [7, 11) is 3.28. The zero-order valence-electron chi connectivity index (χ0n) is 9.43. The second-order valence-electron chi connectivity index (χ2n) is 3.94. The molecule has 1 atom stereocenters. The van der Waals surface area contributed by atoms with E-state index in [1.54, 1.807) is 6.07 Å². The average molecular weight is 221 g/mol. The lowest BCUT2D eigenvalue weighted by Crippen LogP contribution is -2.15. The van der Waals surface area contributed by atoms with E-state index >= 15 is 0 Å². The molecule has 16 heavy (non-hydrogen) atoms. The Morgan fingerprint density at radius 1 is 1.56 bits per heavy atom. The number of hydrogen-bond donors (Lipinski definition) is 1. The van der Waals surface area contributed by atoms with Crippen molar-refractivity contribution in [3.05, 3.63) is 29.3 Å². The molecule has 4 nitrogen and oxygen atoms in total. The van der Waals surface area contributed by atoms with Crippen LogP contribution in [0.3, 0.4) is 0 Å². The smallest absolute Gasteiger partial charge is 0.339 e. The van der Waals surface area contributed by atoms with Crippen LogP contribution in [0, 0.1) is 0 Å². The molecule has 1 heterocycles. The molecule has 1 unspecified atom stereocenters. The van der Waals surface area contributed by atoms with E-state index in [-0.39, 0.29) is 0 Å². The number of aliphatic hydroxyl groups excluding tert-OH is 1. The summed E-state index contributed by atoms with van der Waals surface area (Å²) >= 11 is 0. The molecule has 1 N–H and O–H groups in total. The maximum absolute atomic E-state index is 11.3. The van der Waals surface area contributed by atoms with Crippen molar-refractivity contribution in [2.45, 2.75) is 12.5 Å². The highest BCUT2D eigenvalue weighted by Gasteiger charge is 2.26. The van der Waals surface area contributed by atoms with Gasteiger partial charge in [-0.25, -0.2) is 4.79 Å². The SMILES string of the molecule is COC(=O)C(O)c1cccc2c1CCN2C. The molecule has 86 valence electrons. The minimum absolute atomic E-state index is 0.608. The van der Waals surface area contributed by atoms with Crippen LogP contribution in [0.15, 0.2) is 18.2 Å². The standard InChI is InChI=1S/C12H15NO3/c1-13-7-6-8-9(4-3-5-10(8)13)11(14)12(15)16-2/h3-5,11,14H,6-7H2,1-2H3. The summed E-state index contributed by atoms with van der Waals surface area (Å²) in [5.41, 5.74) is 2.79. The number of esters is 1. The summed E-state index contributed by atoms with van der Waals surface area (Å²) in [4.78, 5) is 13.4. The van der Waals surface area contributed by atoms with E-state index in [9.17, 15) is 9.90 Å². The van der Waals surface area contributed by atoms with E-state index in [1.165, 1.54) is 7.11 Å². The molecule has 0 fully saturated rings. The van der Waals surface area contributed by atoms with Crippen molar-refractivity contribution >= 4 is 11.7 Å². The van der Waals surface area contributed by atoms with Gasteiger partial charge < -0.3 is 14.7 Å². The molecule has 1 aromatic carbocycles. The van der Waals surface area contributed by atoms with Crippen molar-refractivity contribution in [3.63, 3.8) is 0 Å². The second kappa shape index (κ2) is 4.14. The van der Waals surface area contributed by atoms with Crippen molar-refractivity contribution < 1.29 is 14.6 Å². The molecule has 2 rings (SSSR count). The monoisotopic (exact) mass is 221 g/mol. The summed E-state index contributed by atoms with van der Waals surface area (Å²) in [5, 5.41) is 9.85. The van der Waals surface area contributed by atoms with Crippen LogP contribution in [0.5, 0.6) is 0 Å². The Balaban J connectivity index is 2.40. The number of anilines is 1. The first-order valence-electron chi connectivity index (χ1n) is 5.24. The lowest BCUT2D eigenvalue weighted by atomic mass is 10.0. The first-order valence-corrected chi connectivity index (χ1v) is 5.24. The molecule has 0 spiro atoms. The van der Waals surface area contributed by atoms with Gasteiger partial charge in [0.1, 0.15) is 0 Å². The number of benzene rings is 1. The number of carbonyl (C=O) groups is 1. The molecular formula is C12H15NO3. The summed E-state index contributed by atoms with van der Waals surface area (Å²) < 4.78 is 4.55. The predicted octanol–water partition coefficient (Wildman–Crippen LogP) is 0.885. The van der Waals surface area contributed by atoms with E-state index in [4.69, 9.17) is 0 Å². The molecule has 0 saturated heterocycles. The molecule has 0 saturated carbocycles. The Hall–Kier alpha value is -1.55. The zero-order valence-corrected chi connectivity index (χ0v) is 9.43. The van der Waals surface area contributed by atoms with Gasteiger partial charge in [-0.15, -0.1) is 0 Å². The first-order chi connectivity index (χ1) is 7.65. The summed E-state index contributed by atoms with van der Waals surface area (Å²) in [6, 6.07) is 5.62. The fraction of sp³-hybridized carbons (Fsp3) is 0.417. The number of rotatable bonds is 2. The molecular weight excluding hydrogens is 206 g/mol. The highest BCUT2D eigenvalue weighted by Crippen LogP contribution is 2.32. The summed E-state index contributed by atoms with van der Waals surface area (Å²) in [5.74, 6) is -0.608. The lowest BCUT2D eigenvalue weighted by Gasteiger charge is -2.15. The molecule has 1 aromatic rings. The van der Waals surface area contributed by atoms with Crippen LogP contribution in [0.2, 0.25) is 0 Å². The lowest BCUT2D eigenvalue weighted by molar-refractivity contribution is -0.150. The van der Waals surface area contributed by atoms with Crippen LogP contribution < -0.4 is 4.90 Å². The van der Waals surface area contributed by atoms with Crippen LogP contribution in [0.4, 0.5) is 5.69 Å². The van der Waals surface area contributed by atoms with Crippen LogP contribution in [0.25, 0.3) is 0 Å². The molecule has 0 radical (unpaired) electrons. The number of aliphatic hydroxyl groups is 1. The minimum Gasteiger partial charge on any atom is -0.467 e. The number of methoxy groups -OCH3 is 1. The van der Waals surface area contributed by atoms with Gasteiger partial charge in [0, 0.05) is 19.3 Å². The van der Waals surface area contributed by atoms with Crippen molar-refractivity contribution in [1.29, 1.82) is 0 Å². The largest absolute Gasteiger partial charge is 0.467 e. The Kier molecular flexibility index (Phi) is 2.83. The van der Waals surface area contributed by atoms with Gasteiger partial charge in [0.05, 0.1) is 7.11 Å². The number of likely N-dealkylation sites (N-methyl/N-ethyl adjacent to an activating group) is 1. The number of nitrogens with zero attached hydrogens (tertiary/aromatic N) is 1. The summed E-state index contributed by atoms with van der Waals surface area (Å²) in [6.07, 6.45) is -0.317. The van der Waals surface area contributed by atoms with Crippen LogP contribution >= 0.6 is 0 Å². The third-order valence-corrected chi connectivity index (χ3v) is 3.02. The average Bonchev–Trinajstić information content (AvgIpc) is 2.69. The van der Waals surface area contributed by atoms with E-state index in [0.717, 1.165) is 24.2 Å². The zero-order chi connectivity index (χ0) is 11.7. The molecule has 1 aliphatic rings. The van der Waals surface area contributed by atoms with Crippen molar-refractivity contribution in [1.82, 2.24) is 0 Å². The van der Waals surface area contributed by atoms with Crippen LogP contribution in [0.1, 0.15) is 17.2 Å². The fourth-order valence-corrected chi connectivity index (χ4v) is 2.12. The number of carbonyl (C=O) groups excluding carboxylic acids is 1. The highest BCUT2D eigenvalue weighted by molar-refractivity contribution is 5.78. The third-order valence-electron chi connectivity index (χ3n) is 3.02. The number of hydrogen-bond acceptors (Lipinski definition) is 4. The Morgan fingerprint density at radius 3 is 3.00 bits per heavy atom. The van der Waals surface area contributed by atoms with Crippen molar-refractivity contribution in [2.24, 2.45) is 0 Å². The minimum atomic E-state index is -1.17. The topological polar surface area (TPSA) is 49.8 Å². The van der Waals surface area contributed by atoms with Crippen molar-refractivity contribution in [2.75, 3.05) is 25.6 Å². The van der Waals surface area contributed by atoms with E-state index in [0.29, 0.717) is 5.56 Å². The van der Waals surface area contributed by atoms with Gasteiger partial charge in [0.2, 0.25) is 0 Å². The Morgan fingerprint density at radius 2 is 2.31 bits per heavy atom. The molecule has 0 aliphatic carbocycles. The van der Waals surface area contributed by atoms with Gasteiger partial charge >= 0.3 is 5.97 Å². The van der Waals surface area contributed by atoms with Gasteiger partial charge in [-0.3, -0.25) is 0 Å². The Bertz CT molecular complexity index is 417. The molecule has 0 bridgehead atoms. The Labute approximate surface area is 94.4 Å². The number of ether oxygens (including phenoxy) is 1. The third kappa shape index (κ3) is 1.65. The second-order valence-corrected chi connectivity index (χ2v) is 3.94. The first kappa shape index (κ1) is 11.0. The molecule has 4 heteroatoms. The fourth-order valence-electron chi connectivity index (χ4n) is 2.12. The molecule has 0 amide bonds. The highest BCUT2D eigenvalue weighted by atomic mass is 16.5. The van der Waals surface area contributed by atoms with Crippen LogP contribution in [-0.2, 0) is 16.0 Å². The van der Waals surface area contributed by atoms with E-state index in [2.05, 4.69) is 9.64 Å².